The summed E-state index contributed by atoms with van der Waals surface area (Å²) >= 11 is 1.58. The Kier molecular flexibility index (Phi) is 5.69. The highest BCUT2D eigenvalue weighted by Crippen LogP contribution is 2.37. The van der Waals surface area contributed by atoms with Gasteiger partial charge in [0.1, 0.15) is 16.5 Å². The molecule has 0 aliphatic rings. The lowest BCUT2D eigenvalue weighted by Gasteiger charge is -2.12. The number of aromatic nitrogens is 1. The van der Waals surface area contributed by atoms with Crippen LogP contribution in [0.3, 0.4) is 0 Å². The molecule has 0 fully saturated rings. The van der Waals surface area contributed by atoms with Crippen LogP contribution in [0, 0.1) is 0 Å². The lowest BCUT2D eigenvalue weighted by Crippen LogP contribution is -2.07. The van der Waals surface area contributed by atoms with Crippen molar-refractivity contribution in [2.75, 3.05) is 14.2 Å². The van der Waals surface area contributed by atoms with Crippen LogP contribution in [0.2, 0.25) is 0 Å². The predicted octanol–water partition coefficient (Wildman–Crippen LogP) is 7.17. The molecule has 0 radical (unpaired) electrons. The molecule has 31 heavy (non-hydrogen) atoms. The summed E-state index contributed by atoms with van der Waals surface area (Å²) in [6.07, 6.45) is -1.05. The first-order valence-corrected chi connectivity index (χ1v) is 10.2. The molecule has 4 rings (SSSR count). The number of thiazole rings is 1. The van der Waals surface area contributed by atoms with Crippen LogP contribution in [0.4, 0.5) is 13.2 Å². The number of benzene rings is 3. The third kappa shape index (κ3) is 4.56. The van der Waals surface area contributed by atoms with Crippen molar-refractivity contribution >= 4 is 33.7 Å². The van der Waals surface area contributed by atoms with E-state index in [4.69, 9.17) is 9.47 Å². The van der Waals surface area contributed by atoms with Crippen LogP contribution < -0.4 is 9.47 Å². The van der Waals surface area contributed by atoms with Gasteiger partial charge >= 0.3 is 6.18 Å². The normalized spacial score (nSPS) is 11.9. The molecule has 3 nitrogen and oxygen atoms in total. The highest BCUT2D eigenvalue weighted by Gasteiger charge is 2.34. The largest absolute Gasteiger partial charge is 0.497 e. The Bertz CT molecular complexity index is 1240. The van der Waals surface area contributed by atoms with Gasteiger partial charge in [0.05, 0.1) is 30.0 Å². The highest BCUT2D eigenvalue weighted by atomic mass is 32.1. The second-order valence-corrected chi connectivity index (χ2v) is 7.80. The van der Waals surface area contributed by atoms with Crippen LogP contribution >= 0.6 is 11.3 Å². The van der Waals surface area contributed by atoms with Gasteiger partial charge in [-0.05, 0) is 41.5 Å². The molecule has 7 heteroatoms. The fourth-order valence-corrected chi connectivity index (χ4v) is 4.14. The van der Waals surface area contributed by atoms with E-state index < -0.39 is 11.7 Å². The smallest absolute Gasteiger partial charge is 0.419 e. The van der Waals surface area contributed by atoms with Crippen LogP contribution in [0.5, 0.6) is 11.5 Å². The highest BCUT2D eigenvalue weighted by molar-refractivity contribution is 7.21. The monoisotopic (exact) mass is 441 g/mol. The topological polar surface area (TPSA) is 31.4 Å². The minimum Gasteiger partial charge on any atom is -0.497 e. The Morgan fingerprint density at radius 2 is 1.55 bits per heavy atom. The Hall–Kier alpha value is -3.32. The van der Waals surface area contributed by atoms with E-state index in [1.54, 1.807) is 36.7 Å². The quantitative estimate of drug-likeness (QED) is 0.308. The third-order valence-electron chi connectivity index (χ3n) is 4.75. The van der Waals surface area contributed by atoms with Crippen LogP contribution in [-0.2, 0) is 6.18 Å². The van der Waals surface area contributed by atoms with E-state index >= 15 is 0 Å². The third-order valence-corrected chi connectivity index (χ3v) is 5.82. The first-order valence-electron chi connectivity index (χ1n) is 9.36. The van der Waals surface area contributed by atoms with Crippen molar-refractivity contribution in [3.05, 3.63) is 77.4 Å². The Labute approximate surface area is 181 Å². The van der Waals surface area contributed by atoms with Crippen molar-refractivity contribution in [1.82, 2.24) is 4.98 Å². The molecule has 0 bridgehead atoms. The lowest BCUT2D eigenvalue weighted by atomic mass is 10.1. The molecule has 3 aromatic carbocycles. The van der Waals surface area contributed by atoms with Gasteiger partial charge in [-0.3, -0.25) is 0 Å². The lowest BCUT2D eigenvalue weighted by molar-refractivity contribution is -0.138. The number of hydrogen-bond acceptors (Lipinski definition) is 4. The molecule has 0 aliphatic carbocycles. The van der Waals surface area contributed by atoms with Gasteiger partial charge in [-0.2, -0.15) is 13.2 Å². The summed E-state index contributed by atoms with van der Waals surface area (Å²) in [5, 5.41) is 0.892. The molecule has 0 aliphatic heterocycles. The van der Waals surface area contributed by atoms with E-state index in [1.165, 1.54) is 13.2 Å². The average Bonchev–Trinajstić information content (AvgIpc) is 3.20. The number of nitrogens with zero attached hydrogens (tertiary/aromatic N) is 1. The summed E-state index contributed by atoms with van der Waals surface area (Å²) < 4.78 is 50.7. The molecule has 1 aromatic heterocycles. The molecule has 0 saturated carbocycles. The zero-order valence-corrected chi connectivity index (χ0v) is 17.6. The number of alkyl halides is 3. The molecule has 1 heterocycles. The van der Waals surface area contributed by atoms with Crippen molar-refractivity contribution in [3.63, 3.8) is 0 Å². The number of halogens is 3. The summed E-state index contributed by atoms with van der Waals surface area (Å²) in [6.45, 7) is 0. The first kappa shape index (κ1) is 20.9. The van der Waals surface area contributed by atoms with E-state index in [0.717, 1.165) is 38.2 Å². The minimum absolute atomic E-state index is 0.192. The molecule has 0 N–H and O–H groups in total. The van der Waals surface area contributed by atoms with Gasteiger partial charge in [-0.15, -0.1) is 11.3 Å². The van der Waals surface area contributed by atoms with E-state index in [2.05, 4.69) is 4.98 Å². The van der Waals surface area contributed by atoms with Crippen LogP contribution in [-0.4, -0.2) is 19.2 Å². The van der Waals surface area contributed by atoms with Gasteiger partial charge in [0, 0.05) is 5.56 Å². The van der Waals surface area contributed by atoms with Crippen LogP contribution in [0.15, 0.2) is 60.7 Å². The van der Waals surface area contributed by atoms with E-state index in [0.29, 0.717) is 5.56 Å². The predicted molar refractivity (Wildman–Crippen MR) is 119 cm³/mol. The maximum Gasteiger partial charge on any atom is 0.419 e. The van der Waals surface area contributed by atoms with Crippen molar-refractivity contribution in [2.45, 2.75) is 6.18 Å². The average molecular weight is 441 g/mol. The molecule has 0 unspecified atom stereocenters. The Morgan fingerprint density at radius 1 is 0.839 bits per heavy atom. The summed E-state index contributed by atoms with van der Waals surface area (Å²) in [6, 6.07) is 17.5. The van der Waals surface area contributed by atoms with Gasteiger partial charge in [-0.1, -0.05) is 42.5 Å². The fourth-order valence-electron chi connectivity index (χ4n) is 3.14. The Balaban J connectivity index is 1.56. The minimum atomic E-state index is -4.47. The number of hydrogen-bond donors (Lipinski definition) is 0. The summed E-state index contributed by atoms with van der Waals surface area (Å²) in [7, 11) is 2.86. The number of methoxy groups -OCH3 is 2. The van der Waals surface area contributed by atoms with Gasteiger partial charge in [0.25, 0.3) is 0 Å². The van der Waals surface area contributed by atoms with Gasteiger partial charge in [0.2, 0.25) is 0 Å². The molecule has 0 atom stereocenters. The summed E-state index contributed by atoms with van der Waals surface area (Å²) in [5.41, 5.74) is 2.40. The maximum atomic E-state index is 13.2. The van der Waals surface area contributed by atoms with Crippen LogP contribution in [0.25, 0.3) is 32.9 Å². The molecule has 0 spiro atoms. The zero-order valence-electron chi connectivity index (χ0n) is 16.7. The first-order chi connectivity index (χ1) is 14.9. The van der Waals surface area contributed by atoms with Gasteiger partial charge < -0.3 is 9.47 Å². The SMILES string of the molecule is COc1ccc2nc(-c3ccc(C=Cc4ccc(OC)c(C(F)(F)F)c4)cc3)sc2c1. The fraction of sp³-hybridized carbons (Fsp3) is 0.125. The summed E-state index contributed by atoms with van der Waals surface area (Å²) in [5.74, 6) is 0.595. The van der Waals surface area contributed by atoms with Crippen molar-refractivity contribution in [3.8, 4) is 22.1 Å². The number of rotatable bonds is 5. The van der Waals surface area contributed by atoms with Gasteiger partial charge in [0.15, 0.2) is 0 Å². The zero-order chi connectivity index (χ0) is 22.0. The van der Waals surface area contributed by atoms with E-state index in [1.807, 2.05) is 42.5 Å². The molecule has 0 saturated heterocycles. The standard InChI is InChI=1S/C24H18F3NO2S/c1-29-18-10-11-20-22(14-18)31-23(28-20)17-8-5-15(6-9-17)3-4-16-7-12-21(30-2)19(13-16)24(25,26)27/h3-14H,1-2H3. The Morgan fingerprint density at radius 3 is 2.23 bits per heavy atom. The molecule has 4 aromatic rings. The molecular weight excluding hydrogens is 423 g/mol. The van der Waals surface area contributed by atoms with Crippen molar-refractivity contribution in [2.24, 2.45) is 0 Å². The summed E-state index contributed by atoms with van der Waals surface area (Å²) in [4.78, 5) is 4.66. The molecule has 158 valence electrons. The second kappa shape index (κ2) is 8.43. The number of ether oxygens (including phenoxy) is 2. The van der Waals surface area contributed by atoms with Gasteiger partial charge in [-0.25, -0.2) is 4.98 Å². The second-order valence-electron chi connectivity index (χ2n) is 6.77. The van der Waals surface area contributed by atoms with Crippen molar-refractivity contribution < 1.29 is 22.6 Å². The van der Waals surface area contributed by atoms with E-state index in [-0.39, 0.29) is 5.75 Å². The van der Waals surface area contributed by atoms with E-state index in [9.17, 15) is 13.2 Å². The number of fused-ring (bicyclic) bond motifs is 1. The van der Waals surface area contributed by atoms with Crippen LogP contribution in [0.1, 0.15) is 16.7 Å². The molecule has 0 amide bonds. The maximum absolute atomic E-state index is 13.2. The molecular formula is C24H18F3NO2S. The van der Waals surface area contributed by atoms with Crippen molar-refractivity contribution in [1.29, 1.82) is 0 Å².